The summed E-state index contributed by atoms with van der Waals surface area (Å²) < 4.78 is 33.5. The van der Waals surface area contributed by atoms with Gasteiger partial charge in [-0.2, -0.15) is 0 Å². The van der Waals surface area contributed by atoms with E-state index in [1.165, 1.54) is 128 Å². The van der Waals surface area contributed by atoms with Gasteiger partial charge in [-0.3, -0.25) is 13.8 Å². The maximum absolute atomic E-state index is 12.6. The average molecular weight is 810 g/mol. The minimum atomic E-state index is -4.28. The van der Waals surface area contributed by atoms with Crippen LogP contribution in [0.1, 0.15) is 206 Å². The molecule has 2 atom stereocenters. The van der Waals surface area contributed by atoms with Crippen LogP contribution in [0.3, 0.4) is 0 Å². The molecule has 0 aromatic heterocycles. The summed E-state index contributed by atoms with van der Waals surface area (Å²) in [6.45, 7) is 4.83. The number of esters is 1. The zero-order valence-electron chi connectivity index (χ0n) is 36.4. The van der Waals surface area contributed by atoms with Gasteiger partial charge >= 0.3 is 13.8 Å². The Morgan fingerprint density at radius 1 is 0.554 bits per heavy atom. The second-order valence-electron chi connectivity index (χ2n) is 15.2. The Labute approximate surface area is 345 Å². The third kappa shape index (κ3) is 43.6. The van der Waals surface area contributed by atoms with Crippen molar-refractivity contribution in [3.05, 3.63) is 48.6 Å². The Kier molecular flexibility index (Phi) is 43.3. The van der Waals surface area contributed by atoms with Gasteiger partial charge in [-0.25, -0.2) is 4.57 Å². The van der Waals surface area contributed by atoms with Crippen LogP contribution in [-0.4, -0.2) is 49.9 Å². The summed E-state index contributed by atoms with van der Waals surface area (Å²) >= 11 is 0. The van der Waals surface area contributed by atoms with Gasteiger partial charge in [-0.1, -0.05) is 197 Å². The highest BCUT2D eigenvalue weighted by Crippen LogP contribution is 2.43. The van der Waals surface area contributed by atoms with Crippen LogP contribution in [0, 0.1) is 0 Å². The monoisotopic (exact) mass is 810 g/mol. The van der Waals surface area contributed by atoms with Gasteiger partial charge in [0.1, 0.15) is 6.10 Å². The zero-order chi connectivity index (χ0) is 40.9. The van der Waals surface area contributed by atoms with Crippen molar-refractivity contribution in [2.45, 2.75) is 213 Å². The maximum Gasteiger partial charge on any atom is 0.472 e. The molecule has 0 saturated carbocycles. The fourth-order valence-electron chi connectivity index (χ4n) is 6.40. The molecule has 0 aromatic carbocycles. The van der Waals surface area contributed by atoms with Crippen LogP contribution in [0.5, 0.6) is 0 Å². The molecule has 9 heteroatoms. The first-order valence-corrected chi connectivity index (χ1v) is 24.6. The maximum atomic E-state index is 12.6. The normalized spacial score (nSPS) is 13.9. The lowest BCUT2D eigenvalue weighted by Crippen LogP contribution is -2.28. The van der Waals surface area contributed by atoms with Gasteiger partial charge in [0.05, 0.1) is 19.8 Å². The highest BCUT2D eigenvalue weighted by molar-refractivity contribution is 7.47. The molecule has 328 valence electrons. The van der Waals surface area contributed by atoms with Crippen LogP contribution in [-0.2, 0) is 27.9 Å². The second-order valence-corrected chi connectivity index (χ2v) is 16.7. The lowest BCUT2D eigenvalue weighted by atomic mass is 10.0. The van der Waals surface area contributed by atoms with Gasteiger partial charge in [-0.05, 0) is 51.4 Å². The van der Waals surface area contributed by atoms with Gasteiger partial charge in [-0.15, -0.1) is 0 Å². The molecule has 0 aliphatic carbocycles. The lowest BCUT2D eigenvalue weighted by molar-refractivity contribution is -0.154. The van der Waals surface area contributed by atoms with Gasteiger partial charge in [0.15, 0.2) is 0 Å². The number of hydrogen-bond donors (Lipinski definition) is 2. The van der Waals surface area contributed by atoms with Gasteiger partial charge in [0.2, 0.25) is 0 Å². The van der Waals surface area contributed by atoms with Crippen molar-refractivity contribution >= 4 is 13.8 Å². The van der Waals surface area contributed by atoms with E-state index in [0.717, 1.165) is 57.8 Å². The Balaban J connectivity index is 3.97. The zero-order valence-corrected chi connectivity index (χ0v) is 37.3. The van der Waals surface area contributed by atoms with Crippen LogP contribution < -0.4 is 5.73 Å². The van der Waals surface area contributed by atoms with Crippen LogP contribution in [0.2, 0.25) is 0 Å². The Bertz CT molecular complexity index is 999. The first-order valence-electron chi connectivity index (χ1n) is 23.1. The molecule has 0 amide bonds. The molecule has 0 aliphatic rings. The summed E-state index contributed by atoms with van der Waals surface area (Å²) in [5.41, 5.74) is 5.37. The van der Waals surface area contributed by atoms with Crippen molar-refractivity contribution in [3.63, 3.8) is 0 Å². The number of allylic oxidation sites excluding steroid dienone is 8. The molecule has 0 fully saturated rings. The predicted molar refractivity (Wildman–Crippen MR) is 238 cm³/mol. The predicted octanol–water partition coefficient (Wildman–Crippen LogP) is 14.0. The molecule has 3 N–H and O–H groups in total. The Hall–Kier alpha value is -1.54. The number of phosphoric ester groups is 1. The molecule has 0 aliphatic heterocycles. The molecule has 2 unspecified atom stereocenters. The number of hydrogen-bond acceptors (Lipinski definition) is 7. The van der Waals surface area contributed by atoms with Crippen LogP contribution >= 0.6 is 7.82 Å². The summed E-state index contributed by atoms with van der Waals surface area (Å²) in [5, 5.41) is 0. The number of carbonyl (C=O) groups excluding carboxylic acids is 1. The van der Waals surface area contributed by atoms with E-state index in [2.05, 4.69) is 62.5 Å². The minimum absolute atomic E-state index is 0.0961. The summed E-state index contributed by atoms with van der Waals surface area (Å²) in [7, 11) is -4.28. The van der Waals surface area contributed by atoms with Crippen molar-refractivity contribution in [3.8, 4) is 0 Å². The Morgan fingerprint density at radius 3 is 1.50 bits per heavy atom. The van der Waals surface area contributed by atoms with Crippen molar-refractivity contribution in [1.82, 2.24) is 0 Å². The van der Waals surface area contributed by atoms with E-state index in [1.807, 2.05) is 0 Å². The molecule has 0 radical (unpaired) electrons. The molecular weight excluding hydrogens is 721 g/mol. The fourth-order valence-corrected chi connectivity index (χ4v) is 7.17. The molecule has 0 spiro atoms. The van der Waals surface area contributed by atoms with Crippen molar-refractivity contribution in [1.29, 1.82) is 0 Å². The van der Waals surface area contributed by atoms with Gasteiger partial charge in [0, 0.05) is 19.6 Å². The molecule has 0 saturated heterocycles. The van der Waals surface area contributed by atoms with Crippen LogP contribution in [0.4, 0.5) is 0 Å². The highest BCUT2D eigenvalue weighted by Gasteiger charge is 2.25. The first kappa shape index (κ1) is 54.5. The topological polar surface area (TPSA) is 117 Å². The van der Waals surface area contributed by atoms with E-state index in [-0.39, 0.29) is 32.3 Å². The summed E-state index contributed by atoms with van der Waals surface area (Å²) in [6, 6.07) is 0. The van der Waals surface area contributed by atoms with Gasteiger partial charge < -0.3 is 20.1 Å². The van der Waals surface area contributed by atoms with E-state index in [4.69, 9.17) is 24.3 Å². The standard InChI is InChI=1S/C47H88NO7P/c1-3-5-7-9-11-13-15-17-19-20-21-22-23-24-25-26-27-28-30-32-34-36-38-40-47(49)55-46(45-54-56(50,51)53-43-41-48)44-52-42-39-37-35-33-31-29-18-16-14-12-10-8-6-4-2/h5,7,11,13,17,19,21-22,46H,3-4,6,8-10,12,14-16,18,20,23-45,48H2,1-2H3,(H,50,51)/b7-5-,13-11-,19-17-,22-21-. The van der Waals surface area contributed by atoms with E-state index in [9.17, 15) is 14.3 Å². The quantitative estimate of drug-likeness (QED) is 0.0270. The summed E-state index contributed by atoms with van der Waals surface area (Å²) in [5.74, 6) is -0.334. The van der Waals surface area contributed by atoms with Crippen molar-refractivity contribution in [2.75, 3.05) is 33.0 Å². The van der Waals surface area contributed by atoms with Crippen molar-refractivity contribution in [2.24, 2.45) is 5.73 Å². The first-order chi connectivity index (χ1) is 27.4. The number of rotatable bonds is 44. The van der Waals surface area contributed by atoms with E-state index < -0.39 is 13.9 Å². The number of phosphoric acid groups is 1. The minimum Gasteiger partial charge on any atom is -0.457 e. The molecule has 0 heterocycles. The second kappa shape index (κ2) is 44.6. The van der Waals surface area contributed by atoms with Crippen molar-refractivity contribution < 1.29 is 32.8 Å². The molecular formula is C47H88NO7P. The lowest BCUT2D eigenvalue weighted by Gasteiger charge is -2.20. The number of nitrogens with two attached hydrogens (primary N) is 1. The third-order valence-corrected chi connectivity index (χ3v) is 10.7. The van der Waals surface area contributed by atoms with Crippen LogP contribution in [0.15, 0.2) is 48.6 Å². The fraction of sp³-hybridized carbons (Fsp3) is 0.809. The number of ether oxygens (including phenoxy) is 2. The molecule has 0 aromatic rings. The third-order valence-electron chi connectivity index (χ3n) is 9.76. The number of carbonyl (C=O) groups is 1. The SMILES string of the molecule is CC/C=C\C/C=C\C/C=C\C/C=C\CCCCCCCCCCCCC(=O)OC(COCCCCCCCCCCCCCCCC)COP(=O)(O)OCCN. The smallest absolute Gasteiger partial charge is 0.457 e. The molecule has 8 nitrogen and oxygen atoms in total. The van der Waals surface area contributed by atoms with Gasteiger partial charge in [0.25, 0.3) is 0 Å². The van der Waals surface area contributed by atoms with Crippen LogP contribution in [0.25, 0.3) is 0 Å². The molecule has 0 rings (SSSR count). The Morgan fingerprint density at radius 2 is 1.00 bits per heavy atom. The summed E-state index contributed by atoms with van der Waals surface area (Å²) in [4.78, 5) is 22.5. The average Bonchev–Trinajstić information content (AvgIpc) is 3.19. The highest BCUT2D eigenvalue weighted by atomic mass is 31.2. The summed E-state index contributed by atoms with van der Waals surface area (Å²) in [6.07, 6.45) is 52.7. The van der Waals surface area contributed by atoms with E-state index in [0.29, 0.717) is 13.0 Å². The molecule has 0 bridgehead atoms. The number of unbranched alkanes of at least 4 members (excludes halogenated alkanes) is 23. The molecule has 56 heavy (non-hydrogen) atoms. The van der Waals surface area contributed by atoms with E-state index >= 15 is 0 Å². The largest absolute Gasteiger partial charge is 0.472 e. The van der Waals surface area contributed by atoms with E-state index in [1.54, 1.807) is 0 Å².